The summed E-state index contributed by atoms with van der Waals surface area (Å²) in [4.78, 5) is 46.8. The number of hydrogen-bond acceptors (Lipinski definition) is 8. The Morgan fingerprint density at radius 3 is 2.28 bits per heavy atom. The SMILES string of the molecule is CCCCN(CCCC)C(=O)c1nn(-c2ccc(C(=O)NS(=O)(=O)c3ccc4ccccc4c3)cc2C(=O)N2Cc3ccccc3CC2CNC2CCNCC2)c(C)c1Cl. The molecule has 3 N–H and O–H groups in total. The van der Waals surface area contributed by atoms with Gasteiger partial charge in [-0.1, -0.05) is 92.9 Å². The molecule has 1 unspecified atom stereocenters. The van der Waals surface area contributed by atoms with E-state index < -0.39 is 15.9 Å². The lowest BCUT2D eigenvalue weighted by Crippen LogP contribution is -2.52. The number of hydrogen-bond donors (Lipinski definition) is 3. The predicted octanol–water partition coefficient (Wildman–Crippen LogP) is 7.06. The van der Waals surface area contributed by atoms with E-state index in [9.17, 15) is 18.0 Å². The molecule has 1 aromatic heterocycles. The minimum absolute atomic E-state index is 0.0363. The summed E-state index contributed by atoms with van der Waals surface area (Å²) < 4.78 is 31.0. The van der Waals surface area contributed by atoms with Crippen LogP contribution >= 0.6 is 11.6 Å². The predicted molar refractivity (Wildman–Crippen MR) is 235 cm³/mol. The first-order valence-electron chi connectivity index (χ1n) is 21.1. The molecule has 316 valence electrons. The number of nitrogens with zero attached hydrogens (tertiary/aromatic N) is 4. The third-order valence-electron chi connectivity index (χ3n) is 11.7. The van der Waals surface area contributed by atoms with Crippen molar-refractivity contribution in [3.8, 4) is 5.69 Å². The summed E-state index contributed by atoms with van der Waals surface area (Å²) in [5, 5.41) is 13.6. The van der Waals surface area contributed by atoms with Crippen LogP contribution in [0.3, 0.4) is 0 Å². The zero-order chi connectivity index (χ0) is 42.4. The van der Waals surface area contributed by atoms with Gasteiger partial charge in [-0.25, -0.2) is 17.8 Å². The third kappa shape index (κ3) is 9.44. The van der Waals surface area contributed by atoms with Gasteiger partial charge in [0.15, 0.2) is 5.69 Å². The second-order valence-electron chi connectivity index (χ2n) is 15.8. The number of sulfonamides is 1. The van der Waals surface area contributed by atoms with Gasteiger partial charge in [0.2, 0.25) is 0 Å². The average molecular weight is 853 g/mol. The molecule has 0 bridgehead atoms. The first kappa shape index (κ1) is 43.0. The van der Waals surface area contributed by atoms with Crippen molar-refractivity contribution in [3.05, 3.63) is 124 Å². The molecule has 12 nitrogen and oxygen atoms in total. The van der Waals surface area contributed by atoms with Crippen molar-refractivity contribution in [2.24, 2.45) is 0 Å². The molecule has 2 aliphatic rings. The number of piperidine rings is 1. The van der Waals surface area contributed by atoms with Crippen molar-refractivity contribution < 1.29 is 22.8 Å². The van der Waals surface area contributed by atoms with Gasteiger partial charge in [-0.05, 0) is 104 Å². The van der Waals surface area contributed by atoms with E-state index in [4.69, 9.17) is 16.7 Å². The van der Waals surface area contributed by atoms with Crippen molar-refractivity contribution in [1.29, 1.82) is 0 Å². The van der Waals surface area contributed by atoms with Crippen molar-refractivity contribution in [2.75, 3.05) is 32.7 Å². The molecule has 1 atom stereocenters. The standard InChI is InChI=1S/C46H54ClN7O5S/c1-4-6-24-52(25-7-5-2)46(57)43-42(47)31(3)54(50-43)41-19-17-35(44(55)51-60(58,59)39-18-16-32-12-8-9-14-34(32)27-39)28-40(41)45(56)53-30-36-15-11-10-13-33(36)26-38(53)29-49-37-20-22-48-23-21-37/h8-19,27-28,37-38,48-49H,4-7,20-26,29-30H2,1-3H3,(H,51,55). The van der Waals surface area contributed by atoms with Gasteiger partial charge in [0.25, 0.3) is 27.7 Å². The second-order valence-corrected chi connectivity index (χ2v) is 17.9. The number of carbonyl (C=O) groups excluding carboxylic acids is 3. The monoisotopic (exact) mass is 851 g/mol. The fraction of sp³-hybridized carbons (Fsp3) is 0.391. The van der Waals surface area contributed by atoms with Crippen molar-refractivity contribution >= 4 is 50.1 Å². The van der Waals surface area contributed by atoms with E-state index in [1.807, 2.05) is 41.3 Å². The Labute approximate surface area is 357 Å². The lowest BCUT2D eigenvalue weighted by atomic mass is 9.92. The number of amides is 3. The van der Waals surface area contributed by atoms with Gasteiger partial charge < -0.3 is 20.4 Å². The van der Waals surface area contributed by atoms with Crippen LogP contribution in [0.5, 0.6) is 0 Å². The molecule has 5 aromatic rings. The highest BCUT2D eigenvalue weighted by Gasteiger charge is 2.34. The van der Waals surface area contributed by atoms with E-state index in [0.717, 1.165) is 62.6 Å². The fourth-order valence-electron chi connectivity index (χ4n) is 8.12. The van der Waals surface area contributed by atoms with Crippen molar-refractivity contribution in [1.82, 2.24) is 34.9 Å². The maximum Gasteiger partial charge on any atom is 0.275 e. The molecular weight excluding hydrogens is 798 g/mol. The van der Waals surface area contributed by atoms with Gasteiger partial charge in [0.1, 0.15) is 0 Å². The van der Waals surface area contributed by atoms with E-state index in [2.05, 4.69) is 35.3 Å². The number of fused-ring (bicyclic) bond motifs is 2. The molecule has 1 saturated heterocycles. The topological polar surface area (TPSA) is 146 Å². The summed E-state index contributed by atoms with van der Waals surface area (Å²) in [6.45, 7) is 9.75. The molecule has 4 aromatic carbocycles. The summed E-state index contributed by atoms with van der Waals surface area (Å²) in [7, 11) is -4.30. The molecule has 3 heterocycles. The molecule has 1 fully saturated rings. The number of aromatic nitrogens is 2. The van der Waals surface area contributed by atoms with Crippen LogP contribution in [0.1, 0.15) is 100 Å². The minimum Gasteiger partial charge on any atom is -0.337 e. The van der Waals surface area contributed by atoms with Crippen LogP contribution < -0.4 is 15.4 Å². The molecule has 0 saturated carbocycles. The summed E-state index contributed by atoms with van der Waals surface area (Å²) in [6.07, 6.45) is 6.08. The summed E-state index contributed by atoms with van der Waals surface area (Å²) in [5.74, 6) is -1.55. The highest BCUT2D eigenvalue weighted by molar-refractivity contribution is 7.90. The lowest BCUT2D eigenvalue weighted by molar-refractivity contribution is 0.0633. The van der Waals surface area contributed by atoms with E-state index in [1.54, 1.807) is 30.0 Å². The number of carbonyl (C=O) groups is 3. The Bertz CT molecular complexity index is 2470. The van der Waals surface area contributed by atoms with E-state index in [1.165, 1.54) is 34.5 Å². The first-order valence-corrected chi connectivity index (χ1v) is 22.9. The smallest absolute Gasteiger partial charge is 0.275 e. The molecule has 0 aliphatic carbocycles. The number of halogens is 1. The maximum atomic E-state index is 15.2. The van der Waals surface area contributed by atoms with Gasteiger partial charge in [-0.3, -0.25) is 14.4 Å². The van der Waals surface area contributed by atoms with Crippen LogP contribution in [0.4, 0.5) is 0 Å². The highest BCUT2D eigenvalue weighted by Crippen LogP contribution is 2.31. The van der Waals surface area contributed by atoms with Gasteiger partial charge in [0, 0.05) is 43.8 Å². The highest BCUT2D eigenvalue weighted by atomic mass is 35.5. The van der Waals surface area contributed by atoms with Gasteiger partial charge in [-0.15, -0.1) is 0 Å². The van der Waals surface area contributed by atoms with E-state index in [0.29, 0.717) is 55.4 Å². The maximum absolute atomic E-state index is 15.2. The number of benzene rings is 4. The first-order chi connectivity index (χ1) is 29.0. The van der Waals surface area contributed by atoms with Gasteiger partial charge in [0.05, 0.1) is 26.9 Å². The van der Waals surface area contributed by atoms with Crippen LogP contribution in [-0.4, -0.2) is 90.5 Å². The molecule has 60 heavy (non-hydrogen) atoms. The Kier molecular flexibility index (Phi) is 13.7. The van der Waals surface area contributed by atoms with Gasteiger partial charge >= 0.3 is 0 Å². The Morgan fingerprint density at radius 2 is 1.57 bits per heavy atom. The molecule has 3 amide bonds. The molecular formula is C46H54ClN7O5S. The van der Waals surface area contributed by atoms with Crippen LogP contribution in [0.25, 0.3) is 16.5 Å². The minimum atomic E-state index is -4.30. The Hall–Kier alpha value is -5.08. The average Bonchev–Trinajstić information content (AvgIpc) is 3.57. The Morgan fingerprint density at radius 1 is 0.883 bits per heavy atom. The quantitative estimate of drug-likeness (QED) is 0.102. The summed E-state index contributed by atoms with van der Waals surface area (Å²) in [6, 6.07) is 24.6. The van der Waals surface area contributed by atoms with E-state index >= 15 is 4.79 Å². The van der Waals surface area contributed by atoms with Gasteiger partial charge in [-0.2, -0.15) is 5.10 Å². The number of rotatable bonds is 15. The van der Waals surface area contributed by atoms with Crippen molar-refractivity contribution in [3.63, 3.8) is 0 Å². The normalized spacial score (nSPS) is 15.8. The van der Waals surface area contributed by atoms with E-state index in [-0.39, 0.29) is 44.6 Å². The molecule has 0 spiro atoms. The molecule has 0 radical (unpaired) electrons. The lowest BCUT2D eigenvalue weighted by Gasteiger charge is -2.38. The largest absolute Gasteiger partial charge is 0.337 e. The van der Waals surface area contributed by atoms with Crippen LogP contribution in [0.2, 0.25) is 5.02 Å². The van der Waals surface area contributed by atoms with Crippen LogP contribution in [-0.2, 0) is 23.0 Å². The Balaban J connectivity index is 1.28. The van der Waals surface area contributed by atoms with Crippen LogP contribution in [0.15, 0.2) is 89.8 Å². The molecule has 2 aliphatic heterocycles. The van der Waals surface area contributed by atoms with Crippen LogP contribution in [0, 0.1) is 6.92 Å². The molecule has 14 heteroatoms. The summed E-state index contributed by atoms with van der Waals surface area (Å²) in [5.41, 5.74) is 3.11. The second kappa shape index (κ2) is 19.1. The molecule has 7 rings (SSSR count). The number of unbranched alkanes of at least 4 members (excludes halogenated alkanes) is 2. The zero-order valence-electron chi connectivity index (χ0n) is 34.5. The van der Waals surface area contributed by atoms with Crippen molar-refractivity contribution in [2.45, 2.75) is 89.2 Å². The number of nitrogens with one attached hydrogen (secondary N) is 3. The third-order valence-corrected chi connectivity index (χ3v) is 13.5. The summed E-state index contributed by atoms with van der Waals surface area (Å²) >= 11 is 6.93. The fourth-order valence-corrected chi connectivity index (χ4v) is 9.32. The zero-order valence-corrected chi connectivity index (χ0v) is 36.1.